The van der Waals surface area contributed by atoms with Crippen molar-refractivity contribution in [3.63, 3.8) is 0 Å². The van der Waals surface area contributed by atoms with Crippen molar-refractivity contribution < 1.29 is 19.5 Å². The van der Waals surface area contributed by atoms with Gasteiger partial charge < -0.3 is 15.3 Å². The number of hydrogen-bond donors (Lipinski definition) is 2. The number of amides is 2. The van der Waals surface area contributed by atoms with Crippen LogP contribution in [0.2, 0.25) is 0 Å². The maximum absolute atomic E-state index is 12.2. The molecule has 1 heterocycles. The fourth-order valence-corrected chi connectivity index (χ4v) is 3.00. The minimum absolute atomic E-state index is 0.101. The number of carbonyl (C=O) groups excluding carboxylic acids is 2. The van der Waals surface area contributed by atoms with Gasteiger partial charge in [-0.15, -0.1) is 0 Å². The van der Waals surface area contributed by atoms with Gasteiger partial charge in [-0.05, 0) is 38.5 Å². The lowest BCUT2D eigenvalue weighted by Gasteiger charge is -2.32. The van der Waals surface area contributed by atoms with Crippen molar-refractivity contribution in [2.75, 3.05) is 19.6 Å². The number of nitrogens with one attached hydrogen (secondary N) is 1. The van der Waals surface area contributed by atoms with Crippen LogP contribution in [0.3, 0.4) is 0 Å². The first-order valence-electron chi connectivity index (χ1n) is 7.82. The summed E-state index contributed by atoms with van der Waals surface area (Å²) in [6.07, 6.45) is 4.86. The molecule has 0 bridgehead atoms. The molecule has 3 aliphatic rings. The average Bonchev–Trinajstić information content (AvgIpc) is 3.38. The quantitative estimate of drug-likeness (QED) is 0.778. The molecule has 6 heteroatoms. The summed E-state index contributed by atoms with van der Waals surface area (Å²) in [4.78, 5) is 37.2. The third-order valence-electron chi connectivity index (χ3n) is 4.94. The van der Waals surface area contributed by atoms with Gasteiger partial charge >= 0.3 is 5.97 Å². The molecule has 6 nitrogen and oxygen atoms in total. The Bertz CT molecular complexity index is 468. The number of aliphatic carboxylic acids is 1. The SMILES string of the molecule is O=C(NCC1(C(=O)O)CC1)C1CCCN(C(=O)C2CC2)C1. The zero-order valence-corrected chi connectivity index (χ0v) is 12.1. The van der Waals surface area contributed by atoms with Gasteiger partial charge in [-0.2, -0.15) is 0 Å². The maximum atomic E-state index is 12.2. The number of carboxylic acids is 1. The van der Waals surface area contributed by atoms with Crippen LogP contribution in [0.4, 0.5) is 0 Å². The monoisotopic (exact) mass is 294 g/mol. The standard InChI is InChI=1S/C15H22N2O4/c18-12(16-9-15(5-6-15)14(20)21)11-2-1-7-17(8-11)13(19)10-3-4-10/h10-11H,1-9H2,(H,16,18)(H,20,21). The molecule has 21 heavy (non-hydrogen) atoms. The number of carboxylic acid groups (broad SMARTS) is 1. The second-order valence-electron chi connectivity index (χ2n) is 6.70. The van der Waals surface area contributed by atoms with Crippen LogP contribution in [-0.2, 0) is 14.4 Å². The van der Waals surface area contributed by atoms with Gasteiger partial charge in [0.25, 0.3) is 0 Å². The highest BCUT2D eigenvalue weighted by Crippen LogP contribution is 2.45. The Morgan fingerprint density at radius 1 is 1.14 bits per heavy atom. The molecule has 0 aromatic carbocycles. The molecule has 2 amide bonds. The number of carbonyl (C=O) groups is 3. The van der Waals surface area contributed by atoms with Crippen molar-refractivity contribution >= 4 is 17.8 Å². The maximum Gasteiger partial charge on any atom is 0.311 e. The summed E-state index contributed by atoms with van der Waals surface area (Å²) in [6.45, 7) is 1.45. The van der Waals surface area contributed by atoms with Crippen LogP contribution in [0.1, 0.15) is 38.5 Å². The highest BCUT2D eigenvalue weighted by Gasteiger charge is 2.50. The Morgan fingerprint density at radius 2 is 1.86 bits per heavy atom. The highest BCUT2D eigenvalue weighted by atomic mass is 16.4. The molecule has 1 unspecified atom stereocenters. The molecule has 1 aliphatic heterocycles. The van der Waals surface area contributed by atoms with E-state index in [1.165, 1.54) is 0 Å². The Kier molecular flexibility index (Phi) is 3.63. The number of nitrogens with zero attached hydrogens (tertiary/aromatic N) is 1. The molecule has 0 spiro atoms. The molecule has 0 aromatic heterocycles. The van der Waals surface area contributed by atoms with Gasteiger partial charge in [-0.1, -0.05) is 0 Å². The zero-order chi connectivity index (χ0) is 15.0. The fraction of sp³-hybridized carbons (Fsp3) is 0.800. The van der Waals surface area contributed by atoms with E-state index in [9.17, 15) is 14.4 Å². The molecule has 2 saturated carbocycles. The van der Waals surface area contributed by atoms with Gasteiger partial charge in [-0.25, -0.2) is 0 Å². The van der Waals surface area contributed by atoms with Crippen molar-refractivity contribution in [2.45, 2.75) is 38.5 Å². The van der Waals surface area contributed by atoms with Gasteiger partial charge in [0, 0.05) is 25.6 Å². The Balaban J connectivity index is 1.50. The molecular formula is C15H22N2O4. The summed E-state index contributed by atoms with van der Waals surface area (Å²) < 4.78 is 0. The van der Waals surface area contributed by atoms with E-state index in [-0.39, 0.29) is 30.2 Å². The van der Waals surface area contributed by atoms with Gasteiger partial charge in [0.1, 0.15) is 0 Å². The Morgan fingerprint density at radius 3 is 2.43 bits per heavy atom. The first-order valence-corrected chi connectivity index (χ1v) is 7.82. The van der Waals surface area contributed by atoms with Gasteiger partial charge in [0.15, 0.2) is 0 Å². The van der Waals surface area contributed by atoms with E-state index in [4.69, 9.17) is 5.11 Å². The lowest BCUT2D eigenvalue weighted by molar-refractivity contribution is -0.143. The van der Waals surface area contributed by atoms with Crippen molar-refractivity contribution in [2.24, 2.45) is 17.3 Å². The zero-order valence-electron chi connectivity index (χ0n) is 12.1. The molecular weight excluding hydrogens is 272 g/mol. The van der Waals surface area contributed by atoms with E-state index in [1.807, 2.05) is 4.90 Å². The summed E-state index contributed by atoms with van der Waals surface area (Å²) in [7, 11) is 0. The highest BCUT2D eigenvalue weighted by molar-refractivity contribution is 5.84. The fourth-order valence-electron chi connectivity index (χ4n) is 3.00. The van der Waals surface area contributed by atoms with Gasteiger partial charge in [0.05, 0.1) is 11.3 Å². The largest absolute Gasteiger partial charge is 0.481 e. The van der Waals surface area contributed by atoms with Crippen LogP contribution in [0, 0.1) is 17.3 Å². The van der Waals surface area contributed by atoms with Crippen molar-refractivity contribution in [3.05, 3.63) is 0 Å². The summed E-state index contributed by atoms with van der Waals surface area (Å²) in [5.74, 6) is -0.732. The molecule has 3 rings (SSSR count). The van der Waals surface area contributed by atoms with Crippen LogP contribution >= 0.6 is 0 Å². The molecule has 1 saturated heterocycles. The summed E-state index contributed by atoms with van der Waals surface area (Å²) >= 11 is 0. The van der Waals surface area contributed by atoms with Crippen LogP contribution in [-0.4, -0.2) is 47.4 Å². The van der Waals surface area contributed by atoms with Gasteiger partial charge in [0.2, 0.25) is 11.8 Å². The molecule has 2 N–H and O–H groups in total. The number of rotatable bonds is 5. The molecule has 116 valence electrons. The Hall–Kier alpha value is -1.59. The van der Waals surface area contributed by atoms with Crippen molar-refractivity contribution in [3.8, 4) is 0 Å². The van der Waals surface area contributed by atoms with Crippen molar-refractivity contribution in [1.82, 2.24) is 10.2 Å². The van der Waals surface area contributed by atoms with Crippen LogP contribution < -0.4 is 5.32 Å². The van der Waals surface area contributed by atoms with Crippen LogP contribution in [0.15, 0.2) is 0 Å². The normalized spacial score (nSPS) is 27.0. The predicted octanol–water partition coefficient (Wildman–Crippen LogP) is 0.616. The minimum atomic E-state index is -0.822. The van der Waals surface area contributed by atoms with E-state index in [0.717, 1.165) is 32.2 Å². The molecule has 0 radical (unpaired) electrons. The lowest BCUT2D eigenvalue weighted by atomic mass is 9.96. The predicted molar refractivity (Wildman–Crippen MR) is 74.3 cm³/mol. The van der Waals surface area contributed by atoms with Gasteiger partial charge in [-0.3, -0.25) is 14.4 Å². The lowest BCUT2D eigenvalue weighted by Crippen LogP contribution is -2.47. The Labute approximate surface area is 123 Å². The minimum Gasteiger partial charge on any atom is -0.481 e. The van der Waals surface area contributed by atoms with Crippen LogP contribution in [0.5, 0.6) is 0 Å². The number of piperidine rings is 1. The van der Waals surface area contributed by atoms with E-state index in [1.54, 1.807) is 0 Å². The van der Waals surface area contributed by atoms with E-state index in [0.29, 0.717) is 19.4 Å². The smallest absolute Gasteiger partial charge is 0.311 e. The second-order valence-corrected chi connectivity index (χ2v) is 6.70. The first kappa shape index (κ1) is 14.4. The summed E-state index contributed by atoms with van der Waals surface area (Å²) in [5.41, 5.74) is -0.728. The number of hydrogen-bond acceptors (Lipinski definition) is 3. The van der Waals surface area contributed by atoms with Crippen LogP contribution in [0.25, 0.3) is 0 Å². The molecule has 1 atom stereocenters. The third kappa shape index (κ3) is 3.04. The molecule has 0 aromatic rings. The summed E-state index contributed by atoms with van der Waals surface area (Å²) in [5, 5.41) is 11.9. The molecule has 3 fully saturated rings. The van der Waals surface area contributed by atoms with E-state index >= 15 is 0 Å². The van der Waals surface area contributed by atoms with E-state index < -0.39 is 11.4 Å². The topological polar surface area (TPSA) is 86.7 Å². The first-order chi connectivity index (χ1) is 10.0. The van der Waals surface area contributed by atoms with E-state index in [2.05, 4.69) is 5.32 Å². The molecule has 2 aliphatic carbocycles. The summed E-state index contributed by atoms with van der Waals surface area (Å²) in [6, 6.07) is 0. The second kappa shape index (κ2) is 5.31. The third-order valence-corrected chi connectivity index (χ3v) is 4.94. The number of likely N-dealkylation sites (tertiary alicyclic amines) is 1. The van der Waals surface area contributed by atoms with Crippen molar-refractivity contribution in [1.29, 1.82) is 0 Å². The average molecular weight is 294 g/mol.